The number of rotatable bonds is 3. The summed E-state index contributed by atoms with van der Waals surface area (Å²) in [5, 5.41) is 1.81. The van der Waals surface area contributed by atoms with Gasteiger partial charge in [0.1, 0.15) is 5.69 Å². The number of esters is 2. The second-order valence-corrected chi connectivity index (χ2v) is 8.24. The summed E-state index contributed by atoms with van der Waals surface area (Å²) in [6.07, 6.45) is 0. The average Bonchev–Trinajstić information content (AvgIpc) is 3.41. The molecule has 0 amide bonds. The first kappa shape index (κ1) is 20.3. The number of hydrogen-bond donors (Lipinski definition) is 0. The topological polar surface area (TPSA) is 88.9 Å². The molecular weight excluding hydrogens is 436 g/mol. The van der Waals surface area contributed by atoms with E-state index < -0.39 is 17.9 Å². The smallest absolute Gasteiger partial charge is 0.356 e. The van der Waals surface area contributed by atoms with Crippen LogP contribution in [0.5, 0.6) is 11.5 Å². The van der Waals surface area contributed by atoms with Gasteiger partial charge in [0.25, 0.3) is 0 Å². The van der Waals surface area contributed by atoms with Crippen LogP contribution in [-0.2, 0) is 20.8 Å². The van der Waals surface area contributed by atoms with E-state index in [2.05, 4.69) is 11.1 Å². The van der Waals surface area contributed by atoms with Crippen LogP contribution in [0.2, 0.25) is 0 Å². The number of para-hydroxylation sites is 1. The Balaban J connectivity index is 1.76. The molecule has 1 unspecified atom stereocenters. The number of pyridine rings is 1. The number of carbonyl (C=O) groups is 2. The third-order valence-corrected chi connectivity index (χ3v) is 6.51. The maximum atomic E-state index is 12.7. The largest absolute Gasteiger partial charge is 0.466 e. The summed E-state index contributed by atoms with van der Waals surface area (Å²) >= 11 is 0. The molecule has 2 aliphatic rings. The second-order valence-electron chi connectivity index (χ2n) is 8.24. The highest BCUT2D eigenvalue weighted by molar-refractivity contribution is 6.11. The highest BCUT2D eigenvalue weighted by Crippen LogP contribution is 2.46. The summed E-state index contributed by atoms with van der Waals surface area (Å²) in [6, 6.07) is 13.5. The summed E-state index contributed by atoms with van der Waals surface area (Å²) in [4.78, 5) is 30.1. The SMILES string of the molecule is C=C(C(=O)OC)C1c2cc3c(cc2Cn2c4ccccc4c4cc(C(=O)OC)nc1c42)OCO3. The van der Waals surface area contributed by atoms with Crippen molar-refractivity contribution in [2.24, 2.45) is 0 Å². The van der Waals surface area contributed by atoms with Crippen molar-refractivity contribution >= 4 is 33.7 Å². The molecule has 0 N–H and O–H groups in total. The van der Waals surface area contributed by atoms with E-state index in [1.165, 1.54) is 14.2 Å². The van der Waals surface area contributed by atoms with Crippen LogP contribution in [0.1, 0.15) is 33.2 Å². The maximum Gasteiger partial charge on any atom is 0.356 e. The van der Waals surface area contributed by atoms with Gasteiger partial charge in [-0.15, -0.1) is 0 Å². The van der Waals surface area contributed by atoms with Crippen molar-refractivity contribution in [3.63, 3.8) is 0 Å². The monoisotopic (exact) mass is 456 g/mol. The van der Waals surface area contributed by atoms with E-state index in [4.69, 9.17) is 23.9 Å². The van der Waals surface area contributed by atoms with E-state index in [1.54, 1.807) is 6.07 Å². The predicted molar refractivity (Wildman–Crippen MR) is 123 cm³/mol. The van der Waals surface area contributed by atoms with E-state index in [0.717, 1.165) is 32.9 Å². The van der Waals surface area contributed by atoms with Crippen LogP contribution in [0.15, 0.2) is 54.6 Å². The minimum atomic E-state index is -0.672. The molecule has 0 saturated carbocycles. The summed E-state index contributed by atoms with van der Waals surface area (Å²) in [7, 11) is 2.63. The second kappa shape index (κ2) is 7.34. The normalized spacial score (nSPS) is 15.6. The summed E-state index contributed by atoms with van der Waals surface area (Å²) in [6.45, 7) is 4.71. The van der Waals surface area contributed by atoms with Gasteiger partial charge in [-0.05, 0) is 35.4 Å². The lowest BCUT2D eigenvalue weighted by Crippen LogP contribution is -2.17. The minimum absolute atomic E-state index is 0.124. The van der Waals surface area contributed by atoms with Gasteiger partial charge in [0, 0.05) is 28.4 Å². The van der Waals surface area contributed by atoms with Crippen LogP contribution in [0.25, 0.3) is 21.8 Å². The lowest BCUT2D eigenvalue weighted by molar-refractivity contribution is -0.136. The summed E-state index contributed by atoms with van der Waals surface area (Å²) < 4.78 is 23.4. The van der Waals surface area contributed by atoms with E-state index in [1.807, 2.05) is 36.4 Å². The Morgan fingerprint density at radius 3 is 2.59 bits per heavy atom. The fourth-order valence-electron chi connectivity index (χ4n) is 5.00. The minimum Gasteiger partial charge on any atom is -0.466 e. The lowest BCUT2D eigenvalue weighted by Gasteiger charge is -2.20. The Kier molecular flexibility index (Phi) is 4.38. The molecule has 8 nitrogen and oxygen atoms in total. The first-order valence-electron chi connectivity index (χ1n) is 10.7. The molecule has 4 aromatic rings. The molecule has 0 saturated heterocycles. The molecule has 34 heavy (non-hydrogen) atoms. The Morgan fingerprint density at radius 2 is 1.82 bits per heavy atom. The number of hydrogen-bond acceptors (Lipinski definition) is 7. The molecule has 1 atom stereocenters. The molecule has 2 aliphatic heterocycles. The van der Waals surface area contributed by atoms with Crippen LogP contribution in [0.4, 0.5) is 0 Å². The van der Waals surface area contributed by atoms with Gasteiger partial charge in [-0.3, -0.25) is 0 Å². The zero-order chi connectivity index (χ0) is 23.6. The third kappa shape index (κ3) is 2.75. The third-order valence-electron chi connectivity index (χ3n) is 6.51. The number of nitrogens with zero attached hydrogens (tertiary/aromatic N) is 2. The van der Waals surface area contributed by atoms with Gasteiger partial charge in [0.15, 0.2) is 11.5 Å². The van der Waals surface area contributed by atoms with E-state index in [-0.39, 0.29) is 18.1 Å². The number of aromatic nitrogens is 2. The van der Waals surface area contributed by atoms with Crippen LogP contribution in [0.3, 0.4) is 0 Å². The fraction of sp³-hybridized carbons (Fsp3) is 0.192. The van der Waals surface area contributed by atoms with Gasteiger partial charge in [-0.2, -0.15) is 0 Å². The number of benzene rings is 2. The zero-order valence-electron chi connectivity index (χ0n) is 18.6. The number of carbonyl (C=O) groups excluding carboxylic acids is 2. The summed E-state index contributed by atoms with van der Waals surface area (Å²) in [5.41, 5.74) is 4.42. The molecule has 8 heteroatoms. The zero-order valence-corrected chi connectivity index (χ0v) is 18.6. The highest BCUT2D eigenvalue weighted by Gasteiger charge is 2.35. The van der Waals surface area contributed by atoms with E-state index in [0.29, 0.717) is 23.7 Å². The van der Waals surface area contributed by atoms with Gasteiger partial charge in [-0.1, -0.05) is 24.8 Å². The molecule has 2 aromatic carbocycles. The maximum absolute atomic E-state index is 12.7. The van der Waals surface area contributed by atoms with Gasteiger partial charge in [0.2, 0.25) is 6.79 Å². The van der Waals surface area contributed by atoms with Gasteiger partial charge in [-0.25, -0.2) is 14.6 Å². The highest BCUT2D eigenvalue weighted by atomic mass is 16.7. The molecule has 0 bridgehead atoms. The molecule has 0 spiro atoms. The molecule has 0 aliphatic carbocycles. The van der Waals surface area contributed by atoms with Crippen molar-refractivity contribution in [3.05, 3.63) is 77.1 Å². The van der Waals surface area contributed by atoms with Crippen LogP contribution < -0.4 is 9.47 Å². The first-order valence-corrected chi connectivity index (χ1v) is 10.7. The van der Waals surface area contributed by atoms with Crippen molar-refractivity contribution in [2.45, 2.75) is 12.5 Å². The standard InChI is InChI=1S/C26H20N2O6/c1-13(25(29)31-2)22-16-10-21-20(33-12-34-21)8-14(16)11-28-19-7-5-4-6-15(19)17-9-18(26(30)32-3)27-23(22)24(17)28/h4-10,22H,1,11-12H2,2-3H3. The molecule has 0 fully saturated rings. The van der Waals surface area contributed by atoms with Crippen LogP contribution in [-0.4, -0.2) is 42.5 Å². The molecule has 4 heterocycles. The number of methoxy groups -OCH3 is 2. The molecule has 2 aromatic heterocycles. The van der Waals surface area contributed by atoms with Crippen molar-refractivity contribution in [3.8, 4) is 11.5 Å². The average molecular weight is 456 g/mol. The first-order chi connectivity index (χ1) is 16.5. The van der Waals surface area contributed by atoms with Gasteiger partial charge in [0.05, 0.1) is 31.3 Å². The quantitative estimate of drug-likeness (QED) is 0.341. The van der Waals surface area contributed by atoms with E-state index >= 15 is 0 Å². The van der Waals surface area contributed by atoms with Gasteiger partial charge >= 0.3 is 11.9 Å². The predicted octanol–water partition coefficient (Wildman–Crippen LogP) is 3.93. The number of ether oxygens (including phenoxy) is 4. The fourth-order valence-corrected chi connectivity index (χ4v) is 5.00. The number of fused-ring (bicyclic) bond motifs is 5. The Hall–Kier alpha value is -4.33. The Labute approximate surface area is 194 Å². The van der Waals surface area contributed by atoms with Crippen molar-refractivity contribution in [1.29, 1.82) is 0 Å². The molecule has 6 rings (SSSR count). The Bertz CT molecular complexity index is 1550. The Morgan fingerprint density at radius 1 is 1.06 bits per heavy atom. The molecule has 170 valence electrons. The van der Waals surface area contributed by atoms with Crippen LogP contribution in [0, 0.1) is 0 Å². The van der Waals surface area contributed by atoms with E-state index in [9.17, 15) is 9.59 Å². The van der Waals surface area contributed by atoms with Gasteiger partial charge < -0.3 is 23.5 Å². The van der Waals surface area contributed by atoms with Crippen molar-refractivity contribution in [2.75, 3.05) is 21.0 Å². The lowest BCUT2D eigenvalue weighted by atomic mass is 9.85. The molecule has 0 radical (unpaired) electrons. The van der Waals surface area contributed by atoms with Crippen molar-refractivity contribution < 1.29 is 28.5 Å². The summed E-state index contributed by atoms with van der Waals surface area (Å²) in [5.74, 6) is -0.569. The van der Waals surface area contributed by atoms with Crippen molar-refractivity contribution in [1.82, 2.24) is 9.55 Å². The van der Waals surface area contributed by atoms with Crippen LogP contribution >= 0.6 is 0 Å². The molecular formula is C26H20N2O6.